The molecule has 4 nitrogen and oxygen atoms in total. The molecule has 0 atom stereocenters. The molecule has 4 aromatic rings. The summed E-state index contributed by atoms with van der Waals surface area (Å²) >= 11 is 0. The largest absolute Gasteiger partial charge is 0.492 e. The third kappa shape index (κ3) is 7.08. The molecule has 0 saturated heterocycles. The van der Waals surface area contributed by atoms with E-state index in [0.717, 1.165) is 52.1 Å². The Hall–Kier alpha value is -4.15. The summed E-state index contributed by atoms with van der Waals surface area (Å²) < 4.78 is 11.7. The standard InChI is InChI=1S/C36H39NO3/c1-7-33(28-11-9-8-10-12-28)35(29-13-17-31(18-14-29)39-22-21-37(5)6)30-15-19-32(20-16-30)40-36(38)34-26(3)23-25(2)24-27(34)4/h8-20,23-24H,7,21-22H2,1-6H3/b35-33-. The van der Waals surface area contributed by atoms with Gasteiger partial charge in [0.1, 0.15) is 18.1 Å². The molecular formula is C36H39NO3. The fourth-order valence-corrected chi connectivity index (χ4v) is 5.09. The molecule has 0 saturated carbocycles. The van der Waals surface area contributed by atoms with Crippen LogP contribution >= 0.6 is 0 Å². The van der Waals surface area contributed by atoms with Crippen LogP contribution in [-0.4, -0.2) is 38.1 Å². The van der Waals surface area contributed by atoms with Crippen LogP contribution < -0.4 is 9.47 Å². The Morgan fingerprint density at radius 2 is 1.27 bits per heavy atom. The van der Waals surface area contributed by atoms with Gasteiger partial charge in [0, 0.05) is 6.54 Å². The number of carbonyl (C=O) groups excluding carboxylic acids is 1. The molecule has 0 aliphatic heterocycles. The van der Waals surface area contributed by atoms with E-state index in [0.29, 0.717) is 17.9 Å². The van der Waals surface area contributed by atoms with E-state index in [9.17, 15) is 4.79 Å². The van der Waals surface area contributed by atoms with E-state index in [1.807, 2.05) is 89.5 Å². The fraction of sp³-hybridized carbons (Fsp3) is 0.250. The van der Waals surface area contributed by atoms with Crippen LogP contribution in [0.3, 0.4) is 0 Å². The van der Waals surface area contributed by atoms with Gasteiger partial charge >= 0.3 is 5.97 Å². The van der Waals surface area contributed by atoms with E-state index in [1.54, 1.807) is 0 Å². The molecule has 0 aliphatic carbocycles. The van der Waals surface area contributed by atoms with E-state index < -0.39 is 0 Å². The van der Waals surface area contributed by atoms with Gasteiger partial charge in [-0.1, -0.05) is 79.2 Å². The molecule has 206 valence electrons. The molecular weight excluding hydrogens is 494 g/mol. The lowest BCUT2D eigenvalue weighted by atomic mass is 9.88. The Labute approximate surface area is 238 Å². The van der Waals surface area contributed by atoms with Gasteiger partial charge in [-0.2, -0.15) is 0 Å². The summed E-state index contributed by atoms with van der Waals surface area (Å²) in [5, 5.41) is 0. The average Bonchev–Trinajstić information content (AvgIpc) is 2.92. The number of benzene rings is 4. The monoisotopic (exact) mass is 533 g/mol. The quantitative estimate of drug-likeness (QED) is 0.117. The number of likely N-dealkylation sites (N-methyl/N-ethyl adjacent to an activating group) is 1. The summed E-state index contributed by atoms with van der Waals surface area (Å²) in [6.45, 7) is 9.62. The second-order valence-corrected chi connectivity index (χ2v) is 10.4. The van der Waals surface area contributed by atoms with Gasteiger partial charge in [-0.25, -0.2) is 4.79 Å². The minimum atomic E-state index is -0.332. The Morgan fingerprint density at radius 3 is 1.80 bits per heavy atom. The lowest BCUT2D eigenvalue weighted by Crippen LogP contribution is -2.19. The summed E-state index contributed by atoms with van der Waals surface area (Å²) in [6.07, 6.45) is 0.864. The summed E-state index contributed by atoms with van der Waals surface area (Å²) in [7, 11) is 4.08. The number of hydrogen-bond donors (Lipinski definition) is 0. The van der Waals surface area contributed by atoms with Crippen molar-refractivity contribution < 1.29 is 14.3 Å². The minimum absolute atomic E-state index is 0.332. The molecule has 0 bridgehead atoms. The Kier molecular flexibility index (Phi) is 9.57. The first-order valence-corrected chi connectivity index (χ1v) is 13.8. The molecule has 40 heavy (non-hydrogen) atoms. The smallest absolute Gasteiger partial charge is 0.344 e. The molecule has 4 rings (SSSR count). The van der Waals surface area contributed by atoms with Crippen LogP contribution in [0.2, 0.25) is 0 Å². The molecule has 0 N–H and O–H groups in total. The molecule has 0 amide bonds. The first-order valence-electron chi connectivity index (χ1n) is 13.8. The maximum absolute atomic E-state index is 13.0. The van der Waals surface area contributed by atoms with E-state index in [4.69, 9.17) is 9.47 Å². The van der Waals surface area contributed by atoms with E-state index in [1.165, 1.54) is 11.1 Å². The summed E-state index contributed by atoms with van der Waals surface area (Å²) in [5.74, 6) is 1.04. The molecule has 0 aromatic heterocycles. The number of allylic oxidation sites excluding steroid dienone is 1. The van der Waals surface area contributed by atoms with E-state index in [2.05, 4.69) is 48.2 Å². The van der Waals surface area contributed by atoms with Crippen molar-refractivity contribution in [1.29, 1.82) is 0 Å². The molecule has 4 heteroatoms. The normalized spacial score (nSPS) is 11.8. The van der Waals surface area contributed by atoms with Gasteiger partial charge in [-0.05, 0) is 105 Å². The first kappa shape index (κ1) is 28.8. The van der Waals surface area contributed by atoms with Crippen LogP contribution in [0, 0.1) is 20.8 Å². The summed E-state index contributed by atoms with van der Waals surface area (Å²) in [6, 6.07) is 30.6. The number of carbonyl (C=O) groups is 1. The molecule has 0 aliphatic rings. The van der Waals surface area contributed by atoms with Crippen LogP contribution in [0.25, 0.3) is 11.1 Å². The van der Waals surface area contributed by atoms with Gasteiger partial charge < -0.3 is 14.4 Å². The van der Waals surface area contributed by atoms with Crippen molar-refractivity contribution >= 4 is 17.1 Å². The van der Waals surface area contributed by atoms with Gasteiger partial charge in [0.25, 0.3) is 0 Å². The Morgan fingerprint density at radius 1 is 0.725 bits per heavy atom. The highest BCUT2D eigenvalue weighted by atomic mass is 16.5. The second-order valence-electron chi connectivity index (χ2n) is 10.4. The number of ether oxygens (including phenoxy) is 2. The highest BCUT2D eigenvalue weighted by Crippen LogP contribution is 2.36. The van der Waals surface area contributed by atoms with Crippen molar-refractivity contribution in [2.75, 3.05) is 27.2 Å². The lowest BCUT2D eigenvalue weighted by Gasteiger charge is -2.17. The average molecular weight is 534 g/mol. The molecule has 0 fully saturated rings. The SMILES string of the molecule is CC/C(=C(\c1ccc(OCCN(C)C)cc1)c1ccc(OC(=O)c2c(C)cc(C)cc2C)cc1)c1ccccc1. The fourth-order valence-electron chi connectivity index (χ4n) is 5.09. The van der Waals surface area contributed by atoms with Gasteiger partial charge in [0.15, 0.2) is 0 Å². The second kappa shape index (κ2) is 13.3. The van der Waals surface area contributed by atoms with Gasteiger partial charge in [-0.15, -0.1) is 0 Å². The third-order valence-electron chi connectivity index (χ3n) is 6.96. The first-order chi connectivity index (χ1) is 19.3. The minimum Gasteiger partial charge on any atom is -0.492 e. The van der Waals surface area contributed by atoms with Crippen LogP contribution in [0.1, 0.15) is 57.1 Å². The molecule has 0 radical (unpaired) electrons. The lowest BCUT2D eigenvalue weighted by molar-refractivity contribution is 0.0733. The van der Waals surface area contributed by atoms with Crippen molar-refractivity contribution in [2.24, 2.45) is 0 Å². The number of nitrogens with zero attached hydrogens (tertiary/aromatic N) is 1. The van der Waals surface area contributed by atoms with Crippen molar-refractivity contribution in [3.8, 4) is 11.5 Å². The zero-order valence-corrected chi connectivity index (χ0v) is 24.5. The number of esters is 1. The van der Waals surface area contributed by atoms with Crippen LogP contribution in [0.5, 0.6) is 11.5 Å². The van der Waals surface area contributed by atoms with Crippen molar-refractivity contribution in [1.82, 2.24) is 4.90 Å². The molecule has 0 spiro atoms. The van der Waals surface area contributed by atoms with Gasteiger partial charge in [0.2, 0.25) is 0 Å². The summed E-state index contributed by atoms with van der Waals surface area (Å²) in [5.41, 5.74) is 9.36. The van der Waals surface area contributed by atoms with Crippen LogP contribution in [0.15, 0.2) is 91.0 Å². The predicted octanol–water partition coefficient (Wildman–Crippen LogP) is 8.14. The maximum Gasteiger partial charge on any atom is 0.344 e. The van der Waals surface area contributed by atoms with Gasteiger partial charge in [0.05, 0.1) is 5.56 Å². The third-order valence-corrected chi connectivity index (χ3v) is 6.96. The number of aryl methyl sites for hydroxylation is 3. The predicted molar refractivity (Wildman–Crippen MR) is 165 cm³/mol. The van der Waals surface area contributed by atoms with E-state index >= 15 is 0 Å². The van der Waals surface area contributed by atoms with Crippen molar-refractivity contribution in [2.45, 2.75) is 34.1 Å². The van der Waals surface area contributed by atoms with Crippen LogP contribution in [-0.2, 0) is 0 Å². The van der Waals surface area contributed by atoms with Crippen LogP contribution in [0.4, 0.5) is 0 Å². The number of hydrogen-bond acceptors (Lipinski definition) is 4. The Balaban J connectivity index is 1.66. The molecule has 4 aromatic carbocycles. The zero-order valence-electron chi connectivity index (χ0n) is 24.5. The van der Waals surface area contributed by atoms with Gasteiger partial charge in [-0.3, -0.25) is 0 Å². The zero-order chi connectivity index (χ0) is 28.6. The molecule has 0 heterocycles. The van der Waals surface area contributed by atoms with Crippen molar-refractivity contribution in [3.05, 3.63) is 130 Å². The number of rotatable bonds is 10. The highest BCUT2D eigenvalue weighted by molar-refractivity contribution is 5.99. The highest BCUT2D eigenvalue weighted by Gasteiger charge is 2.17. The maximum atomic E-state index is 13.0. The Bertz CT molecular complexity index is 1440. The molecule has 0 unspecified atom stereocenters. The summed E-state index contributed by atoms with van der Waals surface area (Å²) in [4.78, 5) is 15.1. The van der Waals surface area contributed by atoms with E-state index in [-0.39, 0.29) is 5.97 Å². The van der Waals surface area contributed by atoms with Crippen molar-refractivity contribution in [3.63, 3.8) is 0 Å². The topological polar surface area (TPSA) is 38.8 Å².